The maximum Gasteiger partial charge on any atom is 0.573 e. The third-order valence-electron chi connectivity index (χ3n) is 6.30. The van der Waals surface area contributed by atoms with Gasteiger partial charge in [0.2, 0.25) is 0 Å². The molecular formula is C23H23F3N4O2. The summed E-state index contributed by atoms with van der Waals surface area (Å²) in [5, 5.41) is 0. The normalized spacial score (nSPS) is 22.0. The molecule has 1 unspecified atom stereocenters. The molecule has 0 aliphatic heterocycles. The van der Waals surface area contributed by atoms with Crippen molar-refractivity contribution in [2.75, 3.05) is 5.73 Å². The Kier molecular flexibility index (Phi) is 5.28. The molecule has 1 atom stereocenters. The van der Waals surface area contributed by atoms with Crippen LogP contribution in [0.25, 0.3) is 11.3 Å². The highest BCUT2D eigenvalue weighted by molar-refractivity contribution is 5.63. The van der Waals surface area contributed by atoms with E-state index in [9.17, 15) is 13.2 Å². The zero-order valence-corrected chi connectivity index (χ0v) is 17.3. The Morgan fingerprint density at radius 1 is 1.09 bits per heavy atom. The summed E-state index contributed by atoms with van der Waals surface area (Å²) in [7, 11) is 0. The second-order valence-electron chi connectivity index (χ2n) is 8.48. The number of rotatable bonds is 7. The number of anilines is 1. The minimum atomic E-state index is -4.85. The molecule has 2 heterocycles. The molecule has 3 fully saturated rings. The molecule has 1 aromatic carbocycles. The standard InChI is InChI=1S/C23H23F3N4O2/c24-23(25,26)32-20-9-17(10-28-22(20)27)18-11-30(19-8-15-6-16(19)7-15)21(29-18)13-31-12-14-4-2-1-3-5-14/h1-5,9-11,15-16,19H,6-8,12-13H2,(H2,27,28). The maximum absolute atomic E-state index is 12.7. The van der Waals surface area contributed by atoms with Crippen molar-refractivity contribution >= 4 is 5.82 Å². The van der Waals surface area contributed by atoms with Crippen LogP contribution >= 0.6 is 0 Å². The van der Waals surface area contributed by atoms with E-state index in [4.69, 9.17) is 15.5 Å². The molecular weight excluding hydrogens is 421 g/mol. The van der Waals surface area contributed by atoms with Crippen molar-refractivity contribution in [2.24, 2.45) is 11.8 Å². The molecule has 3 saturated carbocycles. The average Bonchev–Trinajstić information content (AvgIpc) is 3.43. The number of ether oxygens (including phenoxy) is 2. The molecule has 2 aromatic heterocycles. The van der Waals surface area contributed by atoms with E-state index < -0.39 is 12.1 Å². The highest BCUT2D eigenvalue weighted by Gasteiger charge is 2.45. The van der Waals surface area contributed by atoms with E-state index in [1.54, 1.807) is 0 Å². The summed E-state index contributed by atoms with van der Waals surface area (Å²) in [6.07, 6.45) is 1.97. The van der Waals surface area contributed by atoms with Crippen LogP contribution in [0.5, 0.6) is 5.75 Å². The van der Waals surface area contributed by atoms with Gasteiger partial charge in [-0.25, -0.2) is 9.97 Å². The first-order chi connectivity index (χ1) is 15.4. The molecule has 0 saturated heterocycles. The van der Waals surface area contributed by atoms with Crippen molar-refractivity contribution < 1.29 is 22.6 Å². The molecule has 32 heavy (non-hydrogen) atoms. The van der Waals surface area contributed by atoms with Gasteiger partial charge in [-0.05, 0) is 42.7 Å². The topological polar surface area (TPSA) is 75.2 Å². The van der Waals surface area contributed by atoms with Gasteiger partial charge in [-0.1, -0.05) is 30.3 Å². The van der Waals surface area contributed by atoms with Crippen LogP contribution in [0.4, 0.5) is 19.0 Å². The largest absolute Gasteiger partial charge is 0.573 e. The van der Waals surface area contributed by atoms with Crippen LogP contribution in [-0.4, -0.2) is 20.9 Å². The number of halogens is 3. The summed E-state index contributed by atoms with van der Waals surface area (Å²) in [6.45, 7) is 0.754. The molecule has 3 aromatic rings. The zero-order valence-electron chi connectivity index (χ0n) is 17.3. The van der Waals surface area contributed by atoms with Gasteiger partial charge in [0.05, 0.1) is 12.3 Å². The number of fused-ring (bicyclic) bond motifs is 1. The smallest absolute Gasteiger partial charge is 0.402 e. The van der Waals surface area contributed by atoms with E-state index in [2.05, 4.69) is 14.3 Å². The fourth-order valence-electron chi connectivity index (χ4n) is 4.77. The molecule has 0 radical (unpaired) electrons. The average molecular weight is 444 g/mol. The number of pyridine rings is 1. The number of alkyl halides is 3. The van der Waals surface area contributed by atoms with E-state index in [1.165, 1.54) is 25.1 Å². The lowest BCUT2D eigenvalue weighted by Gasteiger charge is -2.25. The first-order valence-electron chi connectivity index (χ1n) is 10.6. The van der Waals surface area contributed by atoms with E-state index in [0.717, 1.165) is 23.7 Å². The lowest BCUT2D eigenvalue weighted by molar-refractivity contribution is -0.274. The summed E-state index contributed by atoms with van der Waals surface area (Å²) in [5.74, 6) is 1.26. The van der Waals surface area contributed by atoms with Gasteiger partial charge >= 0.3 is 6.36 Å². The lowest BCUT2D eigenvalue weighted by atomic mass is 9.84. The number of aromatic nitrogens is 3. The number of hydrogen-bond donors (Lipinski definition) is 1. The van der Waals surface area contributed by atoms with Crippen molar-refractivity contribution in [1.29, 1.82) is 0 Å². The quantitative estimate of drug-likeness (QED) is 0.548. The second-order valence-corrected chi connectivity index (χ2v) is 8.48. The molecule has 3 aliphatic rings. The van der Waals surface area contributed by atoms with Crippen LogP contribution < -0.4 is 10.5 Å². The Morgan fingerprint density at radius 2 is 1.88 bits per heavy atom. The van der Waals surface area contributed by atoms with E-state index >= 15 is 0 Å². The van der Waals surface area contributed by atoms with Crippen LogP contribution in [-0.2, 0) is 18.0 Å². The van der Waals surface area contributed by atoms with Gasteiger partial charge in [0.15, 0.2) is 11.6 Å². The summed E-state index contributed by atoms with van der Waals surface area (Å²) in [6, 6.07) is 11.4. The van der Waals surface area contributed by atoms with Crippen LogP contribution in [0.1, 0.15) is 36.7 Å². The molecule has 6 nitrogen and oxygen atoms in total. The van der Waals surface area contributed by atoms with Crippen molar-refractivity contribution in [3.63, 3.8) is 0 Å². The highest BCUT2D eigenvalue weighted by atomic mass is 19.4. The van der Waals surface area contributed by atoms with Gasteiger partial charge in [-0.2, -0.15) is 0 Å². The van der Waals surface area contributed by atoms with Crippen molar-refractivity contribution in [2.45, 2.75) is 44.9 Å². The van der Waals surface area contributed by atoms with Crippen LogP contribution in [0.15, 0.2) is 48.8 Å². The first kappa shape index (κ1) is 20.8. The molecule has 0 spiro atoms. The summed E-state index contributed by atoms with van der Waals surface area (Å²) in [4.78, 5) is 8.57. The second kappa shape index (κ2) is 8.12. The minimum Gasteiger partial charge on any atom is -0.402 e. The van der Waals surface area contributed by atoms with Gasteiger partial charge in [0, 0.05) is 24.0 Å². The molecule has 6 rings (SSSR count). The fourth-order valence-corrected chi connectivity index (χ4v) is 4.77. The molecule has 2 bridgehead atoms. The number of imidazole rings is 1. The Labute approximate surface area is 183 Å². The molecule has 168 valence electrons. The Morgan fingerprint density at radius 3 is 2.56 bits per heavy atom. The predicted octanol–water partition coefficient (Wildman–Crippen LogP) is 5.11. The molecule has 3 aliphatic carbocycles. The van der Waals surface area contributed by atoms with E-state index in [-0.39, 0.29) is 5.82 Å². The van der Waals surface area contributed by atoms with Gasteiger partial charge < -0.3 is 19.8 Å². The number of nitrogens with zero attached hydrogens (tertiary/aromatic N) is 3. The van der Waals surface area contributed by atoms with E-state index in [0.29, 0.717) is 36.4 Å². The third-order valence-corrected chi connectivity index (χ3v) is 6.30. The Balaban J connectivity index is 1.41. The van der Waals surface area contributed by atoms with Crippen molar-refractivity contribution in [1.82, 2.24) is 14.5 Å². The van der Waals surface area contributed by atoms with Crippen LogP contribution in [0, 0.1) is 11.8 Å². The van der Waals surface area contributed by atoms with Crippen LogP contribution in [0.2, 0.25) is 0 Å². The van der Waals surface area contributed by atoms with Gasteiger partial charge in [-0.3, -0.25) is 0 Å². The number of nitrogen functional groups attached to an aromatic ring is 1. The van der Waals surface area contributed by atoms with Gasteiger partial charge in [-0.15, -0.1) is 13.2 Å². The van der Waals surface area contributed by atoms with Gasteiger partial charge in [0.1, 0.15) is 12.4 Å². The highest BCUT2D eigenvalue weighted by Crippen LogP contribution is 2.55. The van der Waals surface area contributed by atoms with Crippen LogP contribution in [0.3, 0.4) is 0 Å². The lowest BCUT2D eigenvalue weighted by Crippen LogP contribution is -2.18. The molecule has 0 amide bonds. The summed E-state index contributed by atoms with van der Waals surface area (Å²) >= 11 is 0. The number of benzene rings is 1. The van der Waals surface area contributed by atoms with Gasteiger partial charge in [0.25, 0.3) is 0 Å². The van der Waals surface area contributed by atoms with Crippen molar-refractivity contribution in [3.05, 3.63) is 60.2 Å². The first-order valence-corrected chi connectivity index (χ1v) is 10.6. The SMILES string of the molecule is Nc1ncc(-c2cn(C3CC4CC3C4)c(COCc3ccccc3)n2)cc1OC(F)(F)F. The minimum absolute atomic E-state index is 0.303. The number of nitrogens with two attached hydrogens (primary N) is 1. The molecule has 2 N–H and O–H groups in total. The molecule has 9 heteroatoms. The zero-order chi connectivity index (χ0) is 22.3. The Hall–Kier alpha value is -3.07. The van der Waals surface area contributed by atoms with E-state index in [1.807, 2.05) is 36.5 Å². The fraction of sp³-hybridized carbons (Fsp3) is 0.391. The van der Waals surface area contributed by atoms with Crippen molar-refractivity contribution in [3.8, 4) is 17.0 Å². The summed E-state index contributed by atoms with van der Waals surface area (Å²) in [5.41, 5.74) is 7.56. The maximum atomic E-state index is 12.7. The Bertz CT molecular complexity index is 1090. The summed E-state index contributed by atoms with van der Waals surface area (Å²) < 4.78 is 50.2. The third kappa shape index (κ3) is 4.29. The monoisotopic (exact) mass is 444 g/mol. The number of hydrogen-bond acceptors (Lipinski definition) is 5. The predicted molar refractivity (Wildman–Crippen MR) is 111 cm³/mol.